The molecule has 2 nitrogen and oxygen atoms in total. The van der Waals surface area contributed by atoms with E-state index in [-0.39, 0.29) is 17.2 Å². The molecular formula is C16H23NOS. The van der Waals surface area contributed by atoms with Crippen molar-refractivity contribution in [1.29, 1.82) is 0 Å². The monoisotopic (exact) mass is 277 g/mol. The van der Waals surface area contributed by atoms with Crippen LogP contribution in [0, 0.1) is 17.3 Å². The molecule has 1 aliphatic rings. The Hall–Kier alpha value is -0.960. The van der Waals surface area contributed by atoms with Crippen LogP contribution in [0.25, 0.3) is 0 Å². The number of carbonyl (C=O) groups excluding carboxylic acids is 1. The lowest BCUT2D eigenvalue weighted by Gasteiger charge is -2.25. The molecule has 19 heavy (non-hydrogen) atoms. The van der Waals surface area contributed by atoms with Crippen LogP contribution in [0.5, 0.6) is 0 Å². The molecule has 0 unspecified atom stereocenters. The van der Waals surface area contributed by atoms with E-state index in [1.165, 1.54) is 4.90 Å². The molecular weight excluding hydrogens is 254 g/mol. The van der Waals surface area contributed by atoms with Crippen LogP contribution in [-0.2, 0) is 4.79 Å². The van der Waals surface area contributed by atoms with Crippen LogP contribution in [0.4, 0.5) is 0 Å². The SMILES string of the molecule is CC(C)(C)C[C@@H]1C(=O)NC[C@H]1CSc1ccccc1. The van der Waals surface area contributed by atoms with Gasteiger partial charge in [-0.25, -0.2) is 0 Å². The van der Waals surface area contributed by atoms with Crippen LogP contribution in [0.2, 0.25) is 0 Å². The molecule has 0 saturated carbocycles. The Morgan fingerprint density at radius 1 is 1.26 bits per heavy atom. The molecule has 1 aliphatic heterocycles. The molecule has 1 N–H and O–H groups in total. The number of amides is 1. The summed E-state index contributed by atoms with van der Waals surface area (Å²) in [4.78, 5) is 13.2. The molecule has 0 spiro atoms. The molecule has 1 aromatic rings. The van der Waals surface area contributed by atoms with E-state index in [1.54, 1.807) is 0 Å². The third-order valence-electron chi connectivity index (χ3n) is 3.48. The maximum atomic E-state index is 12.0. The van der Waals surface area contributed by atoms with E-state index in [0.29, 0.717) is 5.92 Å². The van der Waals surface area contributed by atoms with Crippen LogP contribution >= 0.6 is 11.8 Å². The predicted octanol–water partition coefficient (Wildman–Crippen LogP) is 3.58. The molecule has 0 aromatic heterocycles. The second-order valence-electron chi connectivity index (χ2n) is 6.50. The number of hydrogen-bond acceptors (Lipinski definition) is 2. The Kier molecular flexibility index (Phi) is 4.56. The highest BCUT2D eigenvalue weighted by molar-refractivity contribution is 7.99. The van der Waals surface area contributed by atoms with E-state index in [9.17, 15) is 4.79 Å². The molecule has 1 fully saturated rings. The average molecular weight is 277 g/mol. The van der Waals surface area contributed by atoms with E-state index in [4.69, 9.17) is 0 Å². The molecule has 3 heteroatoms. The second kappa shape index (κ2) is 6.00. The van der Waals surface area contributed by atoms with Crippen molar-refractivity contribution < 1.29 is 4.79 Å². The maximum absolute atomic E-state index is 12.0. The number of nitrogens with one attached hydrogen (secondary N) is 1. The summed E-state index contributed by atoms with van der Waals surface area (Å²) in [6, 6.07) is 10.4. The molecule has 0 aliphatic carbocycles. The third kappa shape index (κ3) is 4.27. The van der Waals surface area contributed by atoms with E-state index in [0.717, 1.165) is 18.7 Å². The number of hydrogen-bond donors (Lipinski definition) is 1. The molecule has 2 atom stereocenters. The van der Waals surface area contributed by atoms with Gasteiger partial charge in [0.2, 0.25) is 5.91 Å². The van der Waals surface area contributed by atoms with E-state index >= 15 is 0 Å². The number of carbonyl (C=O) groups is 1. The normalized spacial score (nSPS) is 23.4. The standard InChI is InChI=1S/C16H23NOS/c1-16(2,3)9-14-12(10-17-15(14)18)11-19-13-7-5-4-6-8-13/h4-8,12,14H,9-11H2,1-3H3,(H,17,18)/t12-,14-/m0/s1. The smallest absolute Gasteiger partial charge is 0.223 e. The predicted molar refractivity (Wildman–Crippen MR) is 81.2 cm³/mol. The molecule has 1 heterocycles. The number of rotatable bonds is 4. The van der Waals surface area contributed by atoms with Crippen molar-refractivity contribution in [3.05, 3.63) is 30.3 Å². The van der Waals surface area contributed by atoms with E-state index in [2.05, 4.69) is 50.4 Å². The Morgan fingerprint density at radius 3 is 2.58 bits per heavy atom. The van der Waals surface area contributed by atoms with Gasteiger partial charge >= 0.3 is 0 Å². The van der Waals surface area contributed by atoms with Crippen molar-refractivity contribution in [2.24, 2.45) is 17.3 Å². The fourth-order valence-corrected chi connectivity index (χ4v) is 3.64. The Balaban J connectivity index is 1.93. The zero-order chi connectivity index (χ0) is 13.9. The van der Waals surface area contributed by atoms with Crippen molar-refractivity contribution in [3.8, 4) is 0 Å². The Morgan fingerprint density at radius 2 is 1.95 bits per heavy atom. The summed E-state index contributed by atoms with van der Waals surface area (Å²) in [6.45, 7) is 7.46. The molecule has 104 valence electrons. The summed E-state index contributed by atoms with van der Waals surface area (Å²) in [7, 11) is 0. The first-order valence-corrected chi connectivity index (χ1v) is 7.90. The Bertz CT molecular complexity index is 424. The van der Waals surface area contributed by atoms with Crippen molar-refractivity contribution in [1.82, 2.24) is 5.32 Å². The fraction of sp³-hybridized carbons (Fsp3) is 0.562. The van der Waals surface area contributed by atoms with Crippen LogP contribution in [0.15, 0.2) is 35.2 Å². The highest BCUT2D eigenvalue weighted by Crippen LogP contribution is 2.34. The van der Waals surface area contributed by atoms with Gasteiger partial charge in [-0.05, 0) is 29.9 Å². The van der Waals surface area contributed by atoms with Crippen molar-refractivity contribution in [3.63, 3.8) is 0 Å². The van der Waals surface area contributed by atoms with Gasteiger partial charge in [-0.2, -0.15) is 0 Å². The van der Waals surface area contributed by atoms with E-state index in [1.807, 2.05) is 17.8 Å². The van der Waals surface area contributed by atoms with Gasteiger partial charge in [0.25, 0.3) is 0 Å². The Labute approximate surface area is 120 Å². The van der Waals surface area contributed by atoms with Crippen molar-refractivity contribution >= 4 is 17.7 Å². The zero-order valence-electron chi connectivity index (χ0n) is 12.0. The summed E-state index contributed by atoms with van der Waals surface area (Å²) < 4.78 is 0. The van der Waals surface area contributed by atoms with Crippen LogP contribution in [0.3, 0.4) is 0 Å². The zero-order valence-corrected chi connectivity index (χ0v) is 12.8. The molecule has 0 bridgehead atoms. The van der Waals surface area contributed by atoms with Gasteiger partial charge in [-0.1, -0.05) is 39.0 Å². The topological polar surface area (TPSA) is 29.1 Å². The summed E-state index contributed by atoms with van der Waals surface area (Å²) in [5.41, 5.74) is 0.210. The van der Waals surface area contributed by atoms with Crippen molar-refractivity contribution in [2.75, 3.05) is 12.3 Å². The van der Waals surface area contributed by atoms with Crippen molar-refractivity contribution in [2.45, 2.75) is 32.1 Å². The third-order valence-corrected chi connectivity index (χ3v) is 4.68. The van der Waals surface area contributed by atoms with Gasteiger partial charge in [-0.15, -0.1) is 11.8 Å². The second-order valence-corrected chi connectivity index (χ2v) is 7.59. The fourth-order valence-electron chi connectivity index (χ4n) is 2.53. The summed E-state index contributed by atoms with van der Waals surface area (Å²) in [5, 5.41) is 3.03. The van der Waals surface area contributed by atoms with Gasteiger partial charge < -0.3 is 5.32 Å². The van der Waals surface area contributed by atoms with Gasteiger partial charge in [0.1, 0.15) is 0 Å². The molecule has 1 aromatic carbocycles. The van der Waals surface area contributed by atoms with Crippen LogP contribution in [0.1, 0.15) is 27.2 Å². The minimum atomic E-state index is 0.177. The maximum Gasteiger partial charge on any atom is 0.223 e. The van der Waals surface area contributed by atoms with Gasteiger partial charge in [0.05, 0.1) is 0 Å². The lowest BCUT2D eigenvalue weighted by Crippen LogP contribution is -2.25. The first kappa shape index (κ1) is 14.4. The lowest BCUT2D eigenvalue weighted by molar-refractivity contribution is -0.123. The summed E-state index contributed by atoms with van der Waals surface area (Å²) >= 11 is 1.86. The minimum absolute atomic E-state index is 0.177. The summed E-state index contributed by atoms with van der Waals surface area (Å²) in [6.07, 6.45) is 0.971. The molecule has 0 radical (unpaired) electrons. The van der Waals surface area contributed by atoms with Crippen LogP contribution < -0.4 is 5.32 Å². The average Bonchev–Trinajstić information content (AvgIpc) is 2.68. The number of benzene rings is 1. The quantitative estimate of drug-likeness (QED) is 0.852. The molecule has 1 saturated heterocycles. The summed E-state index contributed by atoms with van der Waals surface area (Å²) in [5.74, 6) is 1.89. The first-order valence-electron chi connectivity index (χ1n) is 6.91. The highest BCUT2D eigenvalue weighted by Gasteiger charge is 2.36. The van der Waals surface area contributed by atoms with Crippen LogP contribution in [-0.4, -0.2) is 18.2 Å². The van der Waals surface area contributed by atoms with E-state index < -0.39 is 0 Å². The molecule has 1 amide bonds. The molecule has 2 rings (SSSR count). The van der Waals surface area contributed by atoms with Gasteiger partial charge in [-0.3, -0.25) is 4.79 Å². The largest absolute Gasteiger partial charge is 0.356 e. The number of thioether (sulfide) groups is 1. The van der Waals surface area contributed by atoms with Gasteiger partial charge in [0.15, 0.2) is 0 Å². The minimum Gasteiger partial charge on any atom is -0.356 e. The lowest BCUT2D eigenvalue weighted by atomic mass is 9.80. The van der Waals surface area contributed by atoms with Gasteiger partial charge in [0, 0.05) is 23.1 Å². The first-order chi connectivity index (χ1) is 8.96. The highest BCUT2D eigenvalue weighted by atomic mass is 32.2.